The number of carbonyl (C=O) groups is 1. The number of hydrogen-bond acceptors (Lipinski definition) is 2. The number of amides is 1. The third-order valence-corrected chi connectivity index (χ3v) is 3.84. The van der Waals surface area contributed by atoms with Crippen LogP contribution in [-0.4, -0.2) is 5.91 Å². The lowest BCUT2D eigenvalue weighted by Crippen LogP contribution is -2.15. The molecule has 104 valence electrons. The number of nitrogens with one attached hydrogen (secondary N) is 1. The first kappa shape index (κ1) is 15.0. The van der Waals surface area contributed by atoms with Gasteiger partial charge in [0.15, 0.2) is 0 Å². The molecule has 0 saturated carbocycles. The van der Waals surface area contributed by atoms with Gasteiger partial charge in [0.1, 0.15) is 0 Å². The number of rotatable bonds is 5. The summed E-state index contributed by atoms with van der Waals surface area (Å²) >= 11 is 9.38. The van der Waals surface area contributed by atoms with Crippen molar-refractivity contribution < 1.29 is 4.79 Å². The lowest BCUT2D eigenvalue weighted by atomic mass is 10.1. The molecule has 0 saturated heterocycles. The Bertz CT molecular complexity index is 631. The molecule has 0 radical (unpaired) electrons. The number of primary amides is 1. The Hall–Kier alpha value is -1.36. The molecule has 1 amide bonds. The van der Waals surface area contributed by atoms with Gasteiger partial charge in [-0.05, 0) is 35.4 Å². The molecule has 3 nitrogen and oxygen atoms in total. The van der Waals surface area contributed by atoms with Gasteiger partial charge in [0.2, 0.25) is 5.91 Å². The van der Waals surface area contributed by atoms with E-state index in [1.165, 1.54) is 0 Å². The molecule has 0 aromatic heterocycles. The summed E-state index contributed by atoms with van der Waals surface area (Å²) in [6, 6.07) is 13.0. The molecule has 0 spiro atoms. The third kappa shape index (κ3) is 4.07. The lowest BCUT2D eigenvalue weighted by Gasteiger charge is -2.08. The van der Waals surface area contributed by atoms with Crippen LogP contribution in [0.2, 0.25) is 5.02 Å². The third-order valence-electron chi connectivity index (χ3n) is 2.87. The molecule has 0 fully saturated rings. The van der Waals surface area contributed by atoms with E-state index in [0.29, 0.717) is 23.7 Å². The first-order chi connectivity index (χ1) is 9.56. The number of hydrogen-bond donors (Lipinski definition) is 2. The average molecular weight is 354 g/mol. The highest BCUT2D eigenvalue weighted by Crippen LogP contribution is 2.21. The average Bonchev–Trinajstić information content (AvgIpc) is 2.41. The molecule has 0 aliphatic heterocycles. The van der Waals surface area contributed by atoms with Gasteiger partial charge in [0.25, 0.3) is 0 Å². The van der Waals surface area contributed by atoms with Gasteiger partial charge in [-0.2, -0.15) is 0 Å². The van der Waals surface area contributed by atoms with Gasteiger partial charge in [-0.1, -0.05) is 45.7 Å². The van der Waals surface area contributed by atoms with E-state index in [-0.39, 0.29) is 0 Å². The van der Waals surface area contributed by atoms with Crippen LogP contribution in [-0.2, 0) is 13.1 Å². The summed E-state index contributed by atoms with van der Waals surface area (Å²) in [7, 11) is 0. The van der Waals surface area contributed by atoms with Crippen LogP contribution in [0.4, 0.5) is 0 Å². The molecule has 2 rings (SSSR count). The predicted molar refractivity (Wildman–Crippen MR) is 84.7 cm³/mol. The van der Waals surface area contributed by atoms with Gasteiger partial charge >= 0.3 is 0 Å². The minimum absolute atomic E-state index is 0.410. The number of nitrogens with two attached hydrogens (primary N) is 1. The summed E-state index contributed by atoms with van der Waals surface area (Å²) in [5.74, 6) is -0.410. The molecule has 0 atom stereocenters. The lowest BCUT2D eigenvalue weighted by molar-refractivity contribution is 0.1000. The maximum absolute atomic E-state index is 11.1. The molecule has 20 heavy (non-hydrogen) atoms. The molecule has 2 aromatic carbocycles. The van der Waals surface area contributed by atoms with Crippen molar-refractivity contribution in [3.8, 4) is 0 Å². The standard InChI is InChI=1S/C15H14BrClN2O/c16-14-7-13(17)5-4-12(14)9-19-8-10-2-1-3-11(6-10)15(18)20/h1-7,19H,8-9H2,(H2,18,20). The van der Waals surface area contributed by atoms with Gasteiger partial charge < -0.3 is 11.1 Å². The zero-order valence-corrected chi connectivity index (χ0v) is 13.0. The van der Waals surface area contributed by atoms with Crippen LogP contribution < -0.4 is 11.1 Å². The van der Waals surface area contributed by atoms with E-state index < -0.39 is 5.91 Å². The van der Waals surface area contributed by atoms with E-state index in [9.17, 15) is 4.79 Å². The van der Waals surface area contributed by atoms with Crippen molar-refractivity contribution in [3.05, 3.63) is 68.7 Å². The van der Waals surface area contributed by atoms with Crippen molar-refractivity contribution in [2.45, 2.75) is 13.1 Å². The topological polar surface area (TPSA) is 55.1 Å². The highest BCUT2D eigenvalue weighted by molar-refractivity contribution is 9.10. The van der Waals surface area contributed by atoms with Gasteiger partial charge in [-0.3, -0.25) is 4.79 Å². The largest absolute Gasteiger partial charge is 0.366 e. The minimum atomic E-state index is -0.410. The minimum Gasteiger partial charge on any atom is -0.366 e. The van der Waals surface area contributed by atoms with Gasteiger partial charge in [-0.25, -0.2) is 0 Å². The second kappa shape index (κ2) is 6.88. The molecule has 0 aliphatic rings. The zero-order chi connectivity index (χ0) is 14.5. The Kier molecular flexibility index (Phi) is 5.17. The predicted octanol–water partition coefficient (Wildman–Crippen LogP) is 3.49. The van der Waals surface area contributed by atoms with E-state index in [2.05, 4.69) is 21.2 Å². The number of benzene rings is 2. The first-order valence-electron chi connectivity index (χ1n) is 6.09. The van der Waals surface area contributed by atoms with Gasteiger partial charge in [0, 0.05) is 28.1 Å². The van der Waals surface area contributed by atoms with Crippen LogP contribution in [0.3, 0.4) is 0 Å². The molecule has 5 heteroatoms. The summed E-state index contributed by atoms with van der Waals surface area (Å²) in [6.45, 7) is 1.37. The Labute approximate surface area is 131 Å². The Morgan fingerprint density at radius 3 is 2.70 bits per heavy atom. The number of halogens is 2. The second-order valence-corrected chi connectivity index (χ2v) is 5.69. The summed E-state index contributed by atoms with van der Waals surface area (Å²) < 4.78 is 0.975. The second-order valence-electron chi connectivity index (χ2n) is 4.40. The van der Waals surface area contributed by atoms with Crippen molar-refractivity contribution in [2.75, 3.05) is 0 Å². The monoisotopic (exact) mass is 352 g/mol. The van der Waals surface area contributed by atoms with Crippen molar-refractivity contribution >= 4 is 33.4 Å². The van der Waals surface area contributed by atoms with E-state index >= 15 is 0 Å². The van der Waals surface area contributed by atoms with E-state index in [0.717, 1.165) is 15.6 Å². The van der Waals surface area contributed by atoms with E-state index in [4.69, 9.17) is 17.3 Å². The highest BCUT2D eigenvalue weighted by atomic mass is 79.9. The highest BCUT2D eigenvalue weighted by Gasteiger charge is 2.03. The molecule has 2 aromatic rings. The molecule has 0 aliphatic carbocycles. The van der Waals surface area contributed by atoms with Crippen LogP contribution in [0.5, 0.6) is 0 Å². The Balaban J connectivity index is 1.96. The van der Waals surface area contributed by atoms with Crippen LogP contribution >= 0.6 is 27.5 Å². The summed E-state index contributed by atoms with van der Waals surface area (Å²) in [5, 5.41) is 4.02. The first-order valence-corrected chi connectivity index (χ1v) is 7.27. The molecule has 0 bridgehead atoms. The van der Waals surface area contributed by atoms with Crippen molar-refractivity contribution in [3.63, 3.8) is 0 Å². The van der Waals surface area contributed by atoms with Crippen molar-refractivity contribution in [1.82, 2.24) is 5.32 Å². The maximum atomic E-state index is 11.1. The van der Waals surface area contributed by atoms with Crippen LogP contribution in [0.25, 0.3) is 0 Å². The number of carbonyl (C=O) groups excluding carboxylic acids is 1. The maximum Gasteiger partial charge on any atom is 0.248 e. The molecular formula is C15H14BrClN2O. The van der Waals surface area contributed by atoms with E-state index in [1.54, 1.807) is 12.1 Å². The molecule has 3 N–H and O–H groups in total. The smallest absolute Gasteiger partial charge is 0.248 e. The fourth-order valence-corrected chi connectivity index (χ4v) is 2.66. The van der Waals surface area contributed by atoms with Gasteiger partial charge in [-0.15, -0.1) is 0 Å². The summed E-state index contributed by atoms with van der Waals surface area (Å²) in [4.78, 5) is 11.1. The van der Waals surface area contributed by atoms with Crippen molar-refractivity contribution in [2.24, 2.45) is 5.73 Å². The fourth-order valence-electron chi connectivity index (χ4n) is 1.84. The molecule has 0 unspecified atom stereocenters. The van der Waals surface area contributed by atoms with Crippen molar-refractivity contribution in [1.29, 1.82) is 0 Å². The SMILES string of the molecule is NC(=O)c1cccc(CNCc2ccc(Cl)cc2Br)c1. The Morgan fingerprint density at radius 1 is 1.20 bits per heavy atom. The molecular weight excluding hydrogens is 340 g/mol. The van der Waals surface area contributed by atoms with Crippen LogP contribution in [0.15, 0.2) is 46.9 Å². The fraction of sp³-hybridized carbons (Fsp3) is 0.133. The quantitative estimate of drug-likeness (QED) is 0.864. The van der Waals surface area contributed by atoms with E-state index in [1.807, 2.05) is 30.3 Å². The molecule has 0 heterocycles. The zero-order valence-electron chi connectivity index (χ0n) is 10.7. The Morgan fingerprint density at radius 2 is 2.00 bits per heavy atom. The van der Waals surface area contributed by atoms with Crippen LogP contribution in [0.1, 0.15) is 21.5 Å². The summed E-state index contributed by atoms with van der Waals surface area (Å²) in [5.41, 5.74) is 7.93. The normalized spacial score (nSPS) is 10.5. The van der Waals surface area contributed by atoms with Crippen LogP contribution in [0, 0.1) is 0 Å². The van der Waals surface area contributed by atoms with Gasteiger partial charge in [0.05, 0.1) is 0 Å². The summed E-state index contributed by atoms with van der Waals surface area (Å²) in [6.07, 6.45) is 0.